The Morgan fingerprint density at radius 2 is 1.83 bits per heavy atom. The number of rotatable bonds is 2. The van der Waals surface area contributed by atoms with E-state index in [-0.39, 0.29) is 0 Å². The van der Waals surface area contributed by atoms with Crippen LogP contribution in [-0.2, 0) is 6.18 Å². The number of halogens is 3. The molecule has 0 aliphatic carbocycles. The third-order valence-corrected chi connectivity index (χ3v) is 3.72. The first-order valence-corrected chi connectivity index (χ1v) is 6.19. The van der Waals surface area contributed by atoms with Gasteiger partial charge in [-0.2, -0.15) is 13.2 Å². The minimum Gasteiger partial charge on any atom is -0.253 e. The van der Waals surface area contributed by atoms with Gasteiger partial charge in [0.1, 0.15) is 5.01 Å². The number of alkyl halides is 3. The second kappa shape index (κ2) is 4.68. The first-order valence-electron chi connectivity index (χ1n) is 5.37. The summed E-state index contributed by atoms with van der Waals surface area (Å²) >= 11 is 1.45. The van der Waals surface area contributed by atoms with Crippen molar-refractivity contribution in [1.29, 1.82) is 0 Å². The lowest BCUT2D eigenvalue weighted by atomic mass is 10.2. The summed E-state index contributed by atoms with van der Waals surface area (Å²) in [4.78, 5) is 9.08. The molecule has 0 unspecified atom stereocenters. The lowest BCUT2D eigenvalue weighted by Gasteiger charge is -2.05. The summed E-state index contributed by atoms with van der Waals surface area (Å²) in [5.41, 5.74) is -0.271. The van der Waals surface area contributed by atoms with Gasteiger partial charge in [-0.1, -0.05) is 13.8 Å². The van der Waals surface area contributed by atoms with Crippen molar-refractivity contribution >= 4 is 11.3 Å². The van der Waals surface area contributed by atoms with Gasteiger partial charge in [-0.3, -0.25) is 4.98 Å². The second-order valence-electron chi connectivity index (χ2n) is 4.15. The number of hydrogen-bond donors (Lipinski definition) is 0. The molecule has 0 spiro atoms. The van der Waals surface area contributed by atoms with Crippen LogP contribution in [0.4, 0.5) is 13.2 Å². The van der Waals surface area contributed by atoms with E-state index >= 15 is 0 Å². The van der Waals surface area contributed by atoms with Gasteiger partial charge in [-0.15, -0.1) is 11.3 Å². The van der Waals surface area contributed by atoms with E-state index in [2.05, 4.69) is 9.97 Å². The summed E-state index contributed by atoms with van der Waals surface area (Å²) in [5, 5.41) is 0.646. The van der Waals surface area contributed by atoms with Crippen LogP contribution in [0, 0.1) is 0 Å². The standard InChI is InChI=1S/C12H11F3N2S/c1-7(2)10-6-17-11(18-10)9-4-3-8(5-16-9)12(13,14)15/h3-7H,1-2H3. The van der Waals surface area contributed by atoms with E-state index in [1.165, 1.54) is 17.4 Å². The van der Waals surface area contributed by atoms with Crippen LogP contribution < -0.4 is 0 Å². The van der Waals surface area contributed by atoms with E-state index in [1.807, 2.05) is 13.8 Å². The minimum absolute atomic E-state index is 0.352. The molecule has 2 aromatic rings. The summed E-state index contributed by atoms with van der Waals surface area (Å²) in [7, 11) is 0. The van der Waals surface area contributed by atoms with E-state index in [0.29, 0.717) is 16.6 Å². The molecule has 18 heavy (non-hydrogen) atoms. The highest BCUT2D eigenvalue weighted by molar-refractivity contribution is 7.15. The van der Waals surface area contributed by atoms with Crippen molar-refractivity contribution in [1.82, 2.24) is 9.97 Å². The fourth-order valence-corrected chi connectivity index (χ4v) is 2.26. The Morgan fingerprint density at radius 3 is 2.28 bits per heavy atom. The topological polar surface area (TPSA) is 25.8 Å². The quantitative estimate of drug-likeness (QED) is 0.812. The number of thiazole rings is 1. The molecule has 2 rings (SSSR count). The summed E-state index contributed by atoms with van der Waals surface area (Å²) in [5.74, 6) is 0.352. The fraction of sp³-hybridized carbons (Fsp3) is 0.333. The molecule has 0 radical (unpaired) electrons. The summed E-state index contributed by atoms with van der Waals surface area (Å²) < 4.78 is 37.1. The van der Waals surface area contributed by atoms with Gasteiger partial charge in [0.25, 0.3) is 0 Å². The normalized spacial score (nSPS) is 12.1. The first-order chi connectivity index (χ1) is 8.38. The van der Waals surface area contributed by atoms with E-state index in [1.54, 1.807) is 6.20 Å². The van der Waals surface area contributed by atoms with Crippen molar-refractivity contribution in [2.24, 2.45) is 0 Å². The van der Waals surface area contributed by atoms with Crippen LogP contribution in [0.1, 0.15) is 30.2 Å². The van der Waals surface area contributed by atoms with Gasteiger partial charge in [-0.05, 0) is 18.1 Å². The van der Waals surface area contributed by atoms with Crippen LogP contribution in [0.15, 0.2) is 24.5 Å². The highest BCUT2D eigenvalue weighted by Crippen LogP contribution is 2.31. The first kappa shape index (κ1) is 13.0. The molecule has 2 heterocycles. The molecule has 0 saturated carbocycles. The smallest absolute Gasteiger partial charge is 0.253 e. The molecule has 0 atom stereocenters. The Bertz CT molecular complexity index is 529. The highest BCUT2D eigenvalue weighted by atomic mass is 32.1. The van der Waals surface area contributed by atoms with Crippen molar-refractivity contribution < 1.29 is 13.2 Å². The molecular formula is C12H11F3N2S. The van der Waals surface area contributed by atoms with Gasteiger partial charge in [0.2, 0.25) is 0 Å². The van der Waals surface area contributed by atoms with Gasteiger partial charge < -0.3 is 0 Å². The Hall–Kier alpha value is -1.43. The average molecular weight is 272 g/mol. The van der Waals surface area contributed by atoms with Crippen molar-refractivity contribution in [2.45, 2.75) is 25.9 Å². The molecule has 0 saturated heterocycles. The van der Waals surface area contributed by atoms with Gasteiger partial charge >= 0.3 is 6.18 Å². The molecule has 0 amide bonds. The van der Waals surface area contributed by atoms with Gasteiger partial charge in [0.05, 0.1) is 11.3 Å². The zero-order valence-electron chi connectivity index (χ0n) is 9.82. The number of hydrogen-bond acceptors (Lipinski definition) is 3. The molecule has 0 fully saturated rings. The zero-order chi connectivity index (χ0) is 13.3. The summed E-state index contributed by atoms with van der Waals surface area (Å²) in [6.45, 7) is 4.08. The third-order valence-electron chi connectivity index (χ3n) is 2.40. The van der Waals surface area contributed by atoms with E-state index in [9.17, 15) is 13.2 Å². The van der Waals surface area contributed by atoms with Crippen molar-refractivity contribution in [3.05, 3.63) is 35.0 Å². The molecule has 0 N–H and O–H groups in total. The van der Waals surface area contributed by atoms with Gasteiger partial charge in [0, 0.05) is 17.3 Å². The van der Waals surface area contributed by atoms with E-state index in [0.717, 1.165) is 17.1 Å². The molecule has 0 bridgehead atoms. The molecule has 0 aliphatic heterocycles. The molecule has 2 aromatic heterocycles. The molecule has 0 aromatic carbocycles. The van der Waals surface area contributed by atoms with Crippen LogP contribution in [0.3, 0.4) is 0 Å². The fourth-order valence-electron chi connectivity index (χ4n) is 1.36. The largest absolute Gasteiger partial charge is 0.417 e. The Labute approximate surface area is 107 Å². The van der Waals surface area contributed by atoms with Crippen LogP contribution in [0.5, 0.6) is 0 Å². The maximum atomic E-state index is 12.4. The van der Waals surface area contributed by atoms with Crippen LogP contribution >= 0.6 is 11.3 Å². The predicted octanol–water partition coefficient (Wildman–Crippen LogP) is 4.35. The number of aromatic nitrogens is 2. The second-order valence-corrected chi connectivity index (χ2v) is 5.21. The Kier molecular flexibility index (Phi) is 3.38. The molecule has 0 aliphatic rings. The lowest BCUT2D eigenvalue weighted by molar-refractivity contribution is -0.137. The highest BCUT2D eigenvalue weighted by Gasteiger charge is 2.30. The molecular weight excluding hydrogens is 261 g/mol. The predicted molar refractivity (Wildman–Crippen MR) is 64.4 cm³/mol. The third kappa shape index (κ3) is 2.69. The average Bonchev–Trinajstić information content (AvgIpc) is 2.77. The number of nitrogens with zero attached hydrogens (tertiary/aromatic N) is 2. The van der Waals surface area contributed by atoms with Crippen LogP contribution in [-0.4, -0.2) is 9.97 Å². The summed E-state index contributed by atoms with van der Waals surface area (Å²) in [6, 6.07) is 2.38. The van der Waals surface area contributed by atoms with Crippen molar-refractivity contribution in [2.75, 3.05) is 0 Å². The van der Waals surface area contributed by atoms with Gasteiger partial charge in [-0.25, -0.2) is 4.98 Å². The Balaban J connectivity index is 2.29. The van der Waals surface area contributed by atoms with Crippen molar-refractivity contribution in [3.63, 3.8) is 0 Å². The number of pyridine rings is 1. The molecule has 96 valence electrons. The van der Waals surface area contributed by atoms with E-state index < -0.39 is 11.7 Å². The maximum absolute atomic E-state index is 12.4. The van der Waals surface area contributed by atoms with Crippen molar-refractivity contribution in [3.8, 4) is 10.7 Å². The molecule has 2 nitrogen and oxygen atoms in total. The van der Waals surface area contributed by atoms with Crippen LogP contribution in [0.2, 0.25) is 0 Å². The Morgan fingerprint density at radius 1 is 1.11 bits per heavy atom. The zero-order valence-corrected chi connectivity index (χ0v) is 10.6. The maximum Gasteiger partial charge on any atom is 0.417 e. The lowest BCUT2D eigenvalue weighted by Crippen LogP contribution is -2.05. The van der Waals surface area contributed by atoms with E-state index in [4.69, 9.17) is 0 Å². The molecule has 6 heteroatoms. The minimum atomic E-state index is -4.35. The summed E-state index contributed by atoms with van der Waals surface area (Å²) in [6.07, 6.45) is -1.77. The van der Waals surface area contributed by atoms with Gasteiger partial charge in [0.15, 0.2) is 0 Å². The SMILES string of the molecule is CC(C)c1cnc(-c2ccc(C(F)(F)F)cn2)s1. The monoisotopic (exact) mass is 272 g/mol. The van der Waals surface area contributed by atoms with Crippen LogP contribution in [0.25, 0.3) is 10.7 Å².